The van der Waals surface area contributed by atoms with Crippen LogP contribution < -0.4 is 5.73 Å². The Bertz CT molecular complexity index is 437. The number of hydrogen-bond donors (Lipinski definition) is 1. The number of amides is 1. The molecule has 1 fully saturated rings. The molecule has 112 valence electrons. The van der Waals surface area contributed by atoms with Crippen molar-refractivity contribution in [1.82, 2.24) is 4.90 Å². The number of halogens is 1. The fourth-order valence-corrected chi connectivity index (χ4v) is 2.55. The molecule has 0 radical (unpaired) electrons. The second kappa shape index (κ2) is 7.07. The molecule has 0 aliphatic carbocycles. The normalized spacial score (nSPS) is 21.8. The van der Waals surface area contributed by atoms with Gasteiger partial charge in [-0.3, -0.25) is 4.79 Å². The van der Waals surface area contributed by atoms with E-state index in [1.165, 1.54) is 0 Å². The van der Waals surface area contributed by atoms with Crippen molar-refractivity contribution in [3.63, 3.8) is 0 Å². The number of carbonyl (C=O) groups is 1. The highest BCUT2D eigenvalue weighted by molar-refractivity contribution is 5.87. The lowest BCUT2D eigenvalue weighted by Gasteiger charge is -2.37. The number of piperidine rings is 1. The Kier molecular flexibility index (Phi) is 5.99. The summed E-state index contributed by atoms with van der Waals surface area (Å²) in [4.78, 5) is 14.5. The van der Waals surface area contributed by atoms with Crippen LogP contribution in [0.3, 0.4) is 0 Å². The average Bonchev–Trinajstić information content (AvgIpc) is 2.47. The number of nitrogens with two attached hydrogens (primary N) is 1. The van der Waals surface area contributed by atoms with E-state index >= 15 is 0 Å². The third kappa shape index (κ3) is 3.51. The summed E-state index contributed by atoms with van der Waals surface area (Å²) in [5.41, 5.74) is 6.14. The molecule has 1 aromatic carbocycles. The molecule has 1 amide bonds. The molecule has 1 aliphatic rings. The van der Waals surface area contributed by atoms with E-state index < -0.39 is 5.54 Å². The predicted molar refractivity (Wildman–Crippen MR) is 81.8 cm³/mol. The van der Waals surface area contributed by atoms with Gasteiger partial charge in [0.05, 0.1) is 6.10 Å². The second-order valence-corrected chi connectivity index (χ2v) is 5.32. The molecule has 2 rings (SSSR count). The van der Waals surface area contributed by atoms with Gasteiger partial charge in [-0.2, -0.15) is 0 Å². The number of ether oxygens (including phenoxy) is 1. The Morgan fingerprint density at radius 2 is 2.05 bits per heavy atom. The van der Waals surface area contributed by atoms with Crippen LogP contribution in [0.4, 0.5) is 0 Å². The topological polar surface area (TPSA) is 55.6 Å². The molecule has 2 atom stereocenters. The molecule has 20 heavy (non-hydrogen) atoms. The first-order chi connectivity index (χ1) is 9.05. The maximum atomic E-state index is 12.6. The molecular weight excluding hydrogens is 276 g/mol. The standard InChI is InChI=1S/C15H22N2O2.ClH/c1-15(16,12-7-4-3-5-8-12)14(18)17-10-6-9-13(11-17)19-2;/h3-5,7-8,13H,6,9-11,16H2,1-2H3;1H. The molecule has 0 spiro atoms. The van der Waals surface area contributed by atoms with Crippen molar-refractivity contribution in [3.05, 3.63) is 35.9 Å². The molecular formula is C15H23ClN2O2. The number of nitrogens with zero attached hydrogens (tertiary/aromatic N) is 1. The third-order valence-corrected chi connectivity index (χ3v) is 3.82. The van der Waals surface area contributed by atoms with E-state index in [1.54, 1.807) is 14.0 Å². The van der Waals surface area contributed by atoms with Crippen LogP contribution in [-0.2, 0) is 15.1 Å². The summed E-state index contributed by atoms with van der Waals surface area (Å²) in [6.07, 6.45) is 2.10. The number of benzene rings is 1. The van der Waals surface area contributed by atoms with Crippen LogP contribution in [0.15, 0.2) is 30.3 Å². The first-order valence-corrected chi connectivity index (χ1v) is 6.72. The number of likely N-dealkylation sites (tertiary alicyclic amines) is 1. The van der Waals surface area contributed by atoms with Gasteiger partial charge in [-0.1, -0.05) is 30.3 Å². The average molecular weight is 299 g/mol. The monoisotopic (exact) mass is 298 g/mol. The van der Waals surface area contributed by atoms with Crippen molar-refractivity contribution >= 4 is 18.3 Å². The Labute approximate surface area is 126 Å². The van der Waals surface area contributed by atoms with Crippen LogP contribution >= 0.6 is 12.4 Å². The van der Waals surface area contributed by atoms with E-state index in [2.05, 4.69) is 0 Å². The van der Waals surface area contributed by atoms with Gasteiger partial charge in [-0.15, -0.1) is 12.4 Å². The zero-order valence-corrected chi connectivity index (χ0v) is 12.9. The Morgan fingerprint density at radius 1 is 1.40 bits per heavy atom. The zero-order valence-electron chi connectivity index (χ0n) is 12.0. The minimum atomic E-state index is -0.975. The summed E-state index contributed by atoms with van der Waals surface area (Å²) in [7, 11) is 1.69. The molecule has 2 unspecified atom stereocenters. The Hall–Kier alpha value is -1.10. The van der Waals surface area contributed by atoms with Gasteiger partial charge in [0.1, 0.15) is 5.54 Å². The van der Waals surface area contributed by atoms with Crippen LogP contribution in [0.5, 0.6) is 0 Å². The zero-order chi connectivity index (χ0) is 13.9. The van der Waals surface area contributed by atoms with E-state index in [0.717, 1.165) is 24.9 Å². The van der Waals surface area contributed by atoms with Gasteiger partial charge in [0.2, 0.25) is 5.91 Å². The molecule has 4 nitrogen and oxygen atoms in total. The molecule has 5 heteroatoms. The Balaban J connectivity index is 0.00000200. The van der Waals surface area contributed by atoms with Gasteiger partial charge in [-0.05, 0) is 25.3 Å². The van der Waals surface area contributed by atoms with E-state index in [-0.39, 0.29) is 24.4 Å². The highest BCUT2D eigenvalue weighted by atomic mass is 35.5. The fraction of sp³-hybridized carbons (Fsp3) is 0.533. The lowest BCUT2D eigenvalue weighted by molar-refractivity contribution is -0.140. The summed E-state index contributed by atoms with van der Waals surface area (Å²) in [6.45, 7) is 3.17. The molecule has 1 heterocycles. The van der Waals surface area contributed by atoms with Crippen LogP contribution in [0.25, 0.3) is 0 Å². The molecule has 1 aromatic rings. The van der Waals surface area contributed by atoms with Crippen molar-refractivity contribution < 1.29 is 9.53 Å². The lowest BCUT2D eigenvalue weighted by Crippen LogP contribution is -2.54. The molecule has 2 N–H and O–H groups in total. The maximum Gasteiger partial charge on any atom is 0.247 e. The molecule has 1 aliphatic heterocycles. The second-order valence-electron chi connectivity index (χ2n) is 5.32. The van der Waals surface area contributed by atoms with E-state index in [0.29, 0.717) is 6.54 Å². The largest absolute Gasteiger partial charge is 0.380 e. The van der Waals surface area contributed by atoms with Gasteiger partial charge in [-0.25, -0.2) is 0 Å². The van der Waals surface area contributed by atoms with Crippen LogP contribution in [0.2, 0.25) is 0 Å². The lowest BCUT2D eigenvalue weighted by atomic mass is 9.90. The van der Waals surface area contributed by atoms with Crippen LogP contribution in [-0.4, -0.2) is 37.1 Å². The smallest absolute Gasteiger partial charge is 0.247 e. The number of rotatable bonds is 3. The summed E-state index contributed by atoms with van der Waals surface area (Å²) in [5, 5.41) is 0. The highest BCUT2D eigenvalue weighted by Crippen LogP contribution is 2.23. The molecule has 0 bridgehead atoms. The van der Waals surface area contributed by atoms with Gasteiger partial charge in [0.15, 0.2) is 0 Å². The summed E-state index contributed by atoms with van der Waals surface area (Å²) >= 11 is 0. The van der Waals surface area contributed by atoms with Gasteiger partial charge in [0.25, 0.3) is 0 Å². The summed E-state index contributed by atoms with van der Waals surface area (Å²) in [6, 6.07) is 9.53. The summed E-state index contributed by atoms with van der Waals surface area (Å²) < 4.78 is 5.36. The van der Waals surface area contributed by atoms with Crippen LogP contribution in [0, 0.1) is 0 Å². The van der Waals surface area contributed by atoms with Crippen molar-refractivity contribution in [3.8, 4) is 0 Å². The summed E-state index contributed by atoms with van der Waals surface area (Å²) in [5.74, 6) is -0.0274. The third-order valence-electron chi connectivity index (χ3n) is 3.82. The molecule has 0 saturated carbocycles. The van der Waals surface area contributed by atoms with E-state index in [9.17, 15) is 4.79 Å². The fourth-order valence-electron chi connectivity index (χ4n) is 2.55. The first kappa shape index (κ1) is 17.0. The Morgan fingerprint density at radius 3 is 2.65 bits per heavy atom. The quantitative estimate of drug-likeness (QED) is 0.927. The van der Waals surface area contributed by atoms with Crippen molar-refractivity contribution in [2.45, 2.75) is 31.4 Å². The van der Waals surface area contributed by atoms with Gasteiger partial charge in [0, 0.05) is 20.2 Å². The highest BCUT2D eigenvalue weighted by Gasteiger charge is 2.36. The van der Waals surface area contributed by atoms with E-state index in [4.69, 9.17) is 10.5 Å². The minimum Gasteiger partial charge on any atom is -0.380 e. The number of hydrogen-bond acceptors (Lipinski definition) is 3. The predicted octanol–water partition coefficient (Wildman–Crippen LogP) is 1.92. The number of carbonyl (C=O) groups excluding carboxylic acids is 1. The van der Waals surface area contributed by atoms with Crippen molar-refractivity contribution in [1.29, 1.82) is 0 Å². The maximum absolute atomic E-state index is 12.6. The first-order valence-electron chi connectivity index (χ1n) is 6.72. The van der Waals surface area contributed by atoms with Gasteiger partial charge >= 0.3 is 0 Å². The minimum absolute atomic E-state index is 0. The number of methoxy groups -OCH3 is 1. The van der Waals surface area contributed by atoms with Crippen molar-refractivity contribution in [2.24, 2.45) is 5.73 Å². The SMILES string of the molecule is COC1CCCN(C(=O)C(C)(N)c2ccccc2)C1.Cl. The van der Waals surface area contributed by atoms with Crippen LogP contribution in [0.1, 0.15) is 25.3 Å². The van der Waals surface area contributed by atoms with Gasteiger partial charge < -0.3 is 15.4 Å². The molecule has 1 saturated heterocycles. The van der Waals surface area contributed by atoms with Crippen molar-refractivity contribution in [2.75, 3.05) is 20.2 Å². The molecule has 0 aromatic heterocycles. The van der Waals surface area contributed by atoms with E-state index in [1.807, 2.05) is 35.2 Å².